The van der Waals surface area contributed by atoms with E-state index in [9.17, 15) is 36.0 Å². The molecule has 0 bridgehead atoms. The molecule has 2 aromatic rings. The van der Waals surface area contributed by atoms with Crippen LogP contribution in [0, 0.1) is 0 Å². The average Bonchev–Trinajstić information content (AvgIpc) is 2.63. The van der Waals surface area contributed by atoms with Crippen LogP contribution in [-0.4, -0.2) is 48.5 Å². The molecular formula is C18H11F3O7S. The first-order valence-corrected chi connectivity index (χ1v) is 9.55. The molecule has 0 spiro atoms. The first kappa shape index (κ1) is 20.7. The minimum absolute atomic E-state index is 0.0319. The summed E-state index contributed by atoms with van der Waals surface area (Å²) in [5, 5.41) is 0. The van der Waals surface area contributed by atoms with E-state index in [1.54, 1.807) is 0 Å². The summed E-state index contributed by atoms with van der Waals surface area (Å²) < 4.78 is 73.7. The highest BCUT2D eigenvalue weighted by Gasteiger charge is 2.46. The Morgan fingerprint density at radius 2 is 1.52 bits per heavy atom. The number of carbonyl (C=O) groups is 3. The maximum atomic E-state index is 13.0. The van der Waals surface area contributed by atoms with Gasteiger partial charge in [-0.1, -0.05) is 36.4 Å². The summed E-state index contributed by atoms with van der Waals surface area (Å²) in [4.78, 5) is 37.7. The zero-order valence-electron chi connectivity index (χ0n) is 14.3. The fraction of sp³-hybridized carbons (Fsp3) is 0.167. The normalized spacial score (nSPS) is 14.8. The molecule has 1 aliphatic carbocycles. The molecule has 1 aliphatic rings. The topological polar surface area (TPSA) is 115 Å². The Labute approximate surface area is 161 Å². The van der Waals surface area contributed by atoms with Crippen molar-refractivity contribution in [3.8, 4) is 0 Å². The molecule has 29 heavy (non-hydrogen) atoms. The van der Waals surface area contributed by atoms with E-state index < -0.39 is 56.8 Å². The van der Waals surface area contributed by atoms with E-state index in [-0.39, 0.29) is 16.7 Å². The van der Waals surface area contributed by atoms with Gasteiger partial charge in [-0.05, 0) is 6.07 Å². The standard InChI is InChI=1S/C18H11F3O7S/c19-18(20,21)13(8-29(25,26)27)28-17(24)12-7-3-6-11-14(12)16(23)10-5-2-1-4-9(10)15(11)22/h1-7,13H,8H2,(H,25,26,27). The summed E-state index contributed by atoms with van der Waals surface area (Å²) in [6.45, 7) is 0. The van der Waals surface area contributed by atoms with Crippen molar-refractivity contribution in [1.82, 2.24) is 0 Å². The second-order valence-electron chi connectivity index (χ2n) is 6.12. The van der Waals surface area contributed by atoms with Crippen LogP contribution in [0.1, 0.15) is 42.2 Å². The molecule has 11 heteroatoms. The maximum Gasteiger partial charge on any atom is 0.426 e. The maximum absolute atomic E-state index is 13.0. The monoisotopic (exact) mass is 428 g/mol. The fourth-order valence-electron chi connectivity index (χ4n) is 2.89. The second-order valence-corrected chi connectivity index (χ2v) is 7.61. The molecule has 0 heterocycles. The largest absolute Gasteiger partial charge is 0.448 e. The minimum Gasteiger partial charge on any atom is -0.448 e. The number of ether oxygens (including phenoxy) is 1. The molecule has 152 valence electrons. The van der Waals surface area contributed by atoms with Gasteiger partial charge in [-0.2, -0.15) is 21.6 Å². The molecule has 7 nitrogen and oxygen atoms in total. The lowest BCUT2D eigenvalue weighted by molar-refractivity contribution is -0.197. The van der Waals surface area contributed by atoms with Gasteiger partial charge in [0.15, 0.2) is 11.6 Å². The number of benzene rings is 2. The van der Waals surface area contributed by atoms with Crippen molar-refractivity contribution in [2.45, 2.75) is 12.3 Å². The number of rotatable bonds is 4. The van der Waals surface area contributed by atoms with Gasteiger partial charge in [0.25, 0.3) is 10.1 Å². The number of carbonyl (C=O) groups excluding carboxylic acids is 3. The lowest BCUT2D eigenvalue weighted by Crippen LogP contribution is -2.40. The summed E-state index contributed by atoms with van der Waals surface area (Å²) in [7, 11) is -5.13. The highest BCUT2D eigenvalue weighted by atomic mass is 32.2. The molecule has 0 amide bonds. The van der Waals surface area contributed by atoms with Gasteiger partial charge in [-0.3, -0.25) is 14.1 Å². The Bertz CT molecular complexity index is 1140. The lowest BCUT2D eigenvalue weighted by Gasteiger charge is -2.22. The van der Waals surface area contributed by atoms with E-state index in [2.05, 4.69) is 4.74 Å². The highest BCUT2D eigenvalue weighted by Crippen LogP contribution is 2.31. The Morgan fingerprint density at radius 3 is 2.07 bits per heavy atom. The summed E-state index contributed by atoms with van der Waals surface area (Å²) >= 11 is 0. The molecule has 0 saturated carbocycles. The van der Waals surface area contributed by atoms with E-state index in [0.717, 1.165) is 6.07 Å². The molecule has 3 rings (SSSR count). The zero-order valence-corrected chi connectivity index (χ0v) is 15.1. The summed E-state index contributed by atoms with van der Waals surface area (Å²) in [5.74, 6) is -4.93. The third-order valence-corrected chi connectivity index (χ3v) is 4.87. The molecule has 0 fully saturated rings. The van der Waals surface area contributed by atoms with Crippen LogP contribution in [0.3, 0.4) is 0 Å². The van der Waals surface area contributed by atoms with Gasteiger partial charge in [0, 0.05) is 22.3 Å². The highest BCUT2D eigenvalue weighted by molar-refractivity contribution is 7.85. The third kappa shape index (κ3) is 4.05. The Balaban J connectivity index is 2.04. The minimum atomic E-state index is -5.30. The van der Waals surface area contributed by atoms with Gasteiger partial charge >= 0.3 is 12.1 Å². The van der Waals surface area contributed by atoms with Gasteiger partial charge in [-0.25, -0.2) is 4.79 Å². The molecule has 1 atom stereocenters. The Morgan fingerprint density at radius 1 is 0.966 bits per heavy atom. The first-order valence-electron chi connectivity index (χ1n) is 7.94. The lowest BCUT2D eigenvalue weighted by atomic mass is 9.82. The number of fused-ring (bicyclic) bond motifs is 2. The van der Waals surface area contributed by atoms with Crippen molar-refractivity contribution >= 4 is 27.7 Å². The Hall–Kier alpha value is -3.05. The summed E-state index contributed by atoms with van der Waals surface area (Å²) in [5.41, 5.74) is -1.21. The van der Waals surface area contributed by atoms with E-state index in [4.69, 9.17) is 4.55 Å². The van der Waals surface area contributed by atoms with Gasteiger partial charge in [0.1, 0.15) is 5.75 Å². The van der Waals surface area contributed by atoms with Crippen molar-refractivity contribution in [3.05, 3.63) is 70.3 Å². The molecule has 1 N–H and O–H groups in total. The van der Waals surface area contributed by atoms with E-state index in [0.29, 0.717) is 0 Å². The van der Waals surface area contributed by atoms with Crippen molar-refractivity contribution < 1.29 is 45.3 Å². The van der Waals surface area contributed by atoms with Crippen LogP contribution in [-0.2, 0) is 14.9 Å². The van der Waals surface area contributed by atoms with Crippen LogP contribution in [0.25, 0.3) is 0 Å². The Kier molecular flexibility index (Phi) is 5.05. The van der Waals surface area contributed by atoms with Crippen LogP contribution in [0.15, 0.2) is 42.5 Å². The third-order valence-electron chi connectivity index (χ3n) is 4.15. The van der Waals surface area contributed by atoms with Crippen LogP contribution < -0.4 is 0 Å². The molecule has 0 aliphatic heterocycles. The molecule has 2 aromatic carbocycles. The number of esters is 1. The smallest absolute Gasteiger partial charge is 0.426 e. The number of halogens is 3. The van der Waals surface area contributed by atoms with Gasteiger partial charge in [-0.15, -0.1) is 0 Å². The van der Waals surface area contributed by atoms with Crippen molar-refractivity contribution in [3.63, 3.8) is 0 Å². The number of ketones is 2. The van der Waals surface area contributed by atoms with Crippen molar-refractivity contribution in [2.75, 3.05) is 5.75 Å². The fourth-order valence-corrected chi connectivity index (χ4v) is 3.53. The molecule has 0 radical (unpaired) electrons. The molecule has 0 saturated heterocycles. The first-order chi connectivity index (χ1) is 13.4. The summed E-state index contributed by atoms with van der Waals surface area (Å²) in [6.07, 6.45) is -8.46. The SMILES string of the molecule is O=C(OC(CS(=O)(=O)O)C(F)(F)F)c1cccc2c1C(=O)c1ccccc1C2=O. The predicted molar refractivity (Wildman–Crippen MR) is 91.4 cm³/mol. The van der Waals surface area contributed by atoms with E-state index in [1.165, 1.54) is 36.4 Å². The summed E-state index contributed by atoms with van der Waals surface area (Å²) in [6, 6.07) is 9.13. The van der Waals surface area contributed by atoms with Crippen molar-refractivity contribution in [1.29, 1.82) is 0 Å². The van der Waals surface area contributed by atoms with Crippen LogP contribution in [0.4, 0.5) is 13.2 Å². The van der Waals surface area contributed by atoms with Gasteiger partial charge in [0.2, 0.25) is 6.10 Å². The number of hydrogen-bond donors (Lipinski definition) is 1. The average molecular weight is 428 g/mol. The van der Waals surface area contributed by atoms with Crippen molar-refractivity contribution in [2.24, 2.45) is 0 Å². The predicted octanol–water partition coefficient (Wildman–Crippen LogP) is 2.44. The van der Waals surface area contributed by atoms with Crippen LogP contribution in [0.2, 0.25) is 0 Å². The molecular weight excluding hydrogens is 417 g/mol. The second kappa shape index (κ2) is 7.08. The van der Waals surface area contributed by atoms with Gasteiger partial charge in [0.05, 0.1) is 5.56 Å². The number of hydrogen-bond acceptors (Lipinski definition) is 6. The van der Waals surface area contributed by atoms with E-state index >= 15 is 0 Å². The molecule has 1 unspecified atom stereocenters. The van der Waals surface area contributed by atoms with E-state index in [1.807, 2.05) is 0 Å². The zero-order chi connectivity index (χ0) is 21.6. The van der Waals surface area contributed by atoms with Gasteiger partial charge < -0.3 is 4.74 Å². The van der Waals surface area contributed by atoms with Crippen LogP contribution in [0.5, 0.6) is 0 Å². The quantitative estimate of drug-likeness (QED) is 0.501. The molecule has 0 aromatic heterocycles. The van der Waals surface area contributed by atoms with Crippen LogP contribution >= 0.6 is 0 Å². The number of alkyl halides is 3.